The van der Waals surface area contributed by atoms with Crippen molar-refractivity contribution < 1.29 is 4.79 Å². The normalized spacial score (nSPS) is 18.7. The Morgan fingerprint density at radius 3 is 2.39 bits per heavy atom. The first-order valence-electron chi connectivity index (χ1n) is 6.75. The number of carbonyl (C=O) groups is 1. The Bertz CT molecular complexity index is 434. The minimum atomic E-state index is 0.340. The van der Waals surface area contributed by atoms with Gasteiger partial charge in [-0.2, -0.15) is 0 Å². The quantitative estimate of drug-likeness (QED) is 0.741. The molecule has 2 saturated carbocycles. The number of hydrogen-bond acceptors (Lipinski definition) is 1. The number of amides is 1. The van der Waals surface area contributed by atoms with Gasteiger partial charge < -0.3 is 4.90 Å². The summed E-state index contributed by atoms with van der Waals surface area (Å²) in [7, 11) is 0. The number of benzene rings is 1. The summed E-state index contributed by atoms with van der Waals surface area (Å²) in [5, 5.41) is 0. The average Bonchev–Trinajstić information content (AvgIpc) is 3.24. The third kappa shape index (κ3) is 3.25. The number of halogens is 1. The molecule has 0 N–H and O–H groups in total. The van der Waals surface area contributed by atoms with Gasteiger partial charge in [0.05, 0.1) is 0 Å². The van der Waals surface area contributed by atoms with Crippen LogP contribution in [0.5, 0.6) is 0 Å². The topological polar surface area (TPSA) is 20.3 Å². The maximum Gasteiger partial charge on any atom is 0.225 e. The van der Waals surface area contributed by atoms with Gasteiger partial charge in [-0.25, -0.2) is 0 Å². The molecule has 0 unspecified atom stereocenters. The summed E-state index contributed by atoms with van der Waals surface area (Å²) >= 11 is 2.31. The zero-order chi connectivity index (χ0) is 12.5. The maximum atomic E-state index is 12.3. The molecule has 2 fully saturated rings. The molecule has 2 nitrogen and oxygen atoms in total. The van der Waals surface area contributed by atoms with Crippen LogP contribution in [0.2, 0.25) is 0 Å². The van der Waals surface area contributed by atoms with Crippen molar-refractivity contribution in [1.29, 1.82) is 0 Å². The van der Waals surface area contributed by atoms with E-state index >= 15 is 0 Å². The second-order valence-corrected chi connectivity index (χ2v) is 6.81. The highest BCUT2D eigenvalue weighted by atomic mass is 127. The van der Waals surface area contributed by atoms with E-state index in [4.69, 9.17) is 0 Å². The summed E-state index contributed by atoms with van der Waals surface area (Å²) in [6, 6.07) is 8.52. The number of rotatable bonds is 5. The van der Waals surface area contributed by atoms with E-state index in [1.165, 1.54) is 22.0 Å². The highest BCUT2D eigenvalue weighted by molar-refractivity contribution is 14.1. The SMILES string of the molecule is O=C(C1CC1)N(Cc1ccc(I)cc1)CC1CC1. The van der Waals surface area contributed by atoms with E-state index in [2.05, 4.69) is 51.8 Å². The minimum Gasteiger partial charge on any atom is -0.338 e. The third-order valence-electron chi connectivity index (χ3n) is 3.70. The summed E-state index contributed by atoms with van der Waals surface area (Å²) in [5.41, 5.74) is 1.25. The monoisotopic (exact) mass is 355 g/mol. The standard InChI is InChI=1S/C15H18INO/c16-14-7-3-12(4-8-14)10-17(9-11-1-2-11)15(18)13-5-6-13/h3-4,7-8,11,13H,1-2,5-6,9-10H2. The third-order valence-corrected chi connectivity index (χ3v) is 4.42. The van der Waals surface area contributed by atoms with Crippen LogP contribution in [0, 0.1) is 15.4 Å². The summed E-state index contributed by atoms with van der Waals surface area (Å²) < 4.78 is 1.25. The van der Waals surface area contributed by atoms with Crippen molar-refractivity contribution in [3.05, 3.63) is 33.4 Å². The number of carbonyl (C=O) groups excluding carboxylic acids is 1. The van der Waals surface area contributed by atoms with Gasteiger partial charge in [-0.05, 0) is 71.9 Å². The highest BCUT2D eigenvalue weighted by Crippen LogP contribution is 2.35. The molecule has 0 bridgehead atoms. The van der Waals surface area contributed by atoms with Crippen LogP contribution in [0.1, 0.15) is 31.2 Å². The molecule has 18 heavy (non-hydrogen) atoms. The van der Waals surface area contributed by atoms with Crippen LogP contribution in [0.4, 0.5) is 0 Å². The molecule has 0 radical (unpaired) electrons. The van der Waals surface area contributed by atoms with Gasteiger partial charge in [0.1, 0.15) is 0 Å². The largest absolute Gasteiger partial charge is 0.338 e. The van der Waals surface area contributed by atoms with Gasteiger partial charge in [-0.15, -0.1) is 0 Å². The molecule has 1 amide bonds. The van der Waals surface area contributed by atoms with E-state index in [1.54, 1.807) is 0 Å². The molecule has 2 aliphatic rings. The van der Waals surface area contributed by atoms with Crippen LogP contribution in [0.15, 0.2) is 24.3 Å². The lowest BCUT2D eigenvalue weighted by Crippen LogP contribution is -2.33. The van der Waals surface area contributed by atoms with E-state index in [0.29, 0.717) is 11.8 Å². The molecular formula is C15H18INO. The first kappa shape index (κ1) is 12.5. The van der Waals surface area contributed by atoms with Crippen molar-refractivity contribution >= 4 is 28.5 Å². The molecule has 2 aliphatic carbocycles. The van der Waals surface area contributed by atoms with Gasteiger partial charge in [0.15, 0.2) is 0 Å². The van der Waals surface area contributed by atoms with Gasteiger partial charge in [0.2, 0.25) is 5.91 Å². The Hall–Kier alpha value is -0.580. The van der Waals surface area contributed by atoms with E-state index < -0.39 is 0 Å². The van der Waals surface area contributed by atoms with Gasteiger partial charge in [-0.3, -0.25) is 4.79 Å². The lowest BCUT2D eigenvalue weighted by molar-refractivity contribution is -0.133. The van der Waals surface area contributed by atoms with E-state index in [1.807, 2.05) is 0 Å². The Balaban J connectivity index is 1.67. The van der Waals surface area contributed by atoms with E-state index in [0.717, 1.165) is 31.8 Å². The zero-order valence-corrected chi connectivity index (χ0v) is 12.6. The molecule has 0 saturated heterocycles. The molecule has 1 aromatic rings. The van der Waals surface area contributed by atoms with E-state index in [-0.39, 0.29) is 0 Å². The molecule has 96 valence electrons. The van der Waals surface area contributed by atoms with Crippen LogP contribution in [-0.2, 0) is 11.3 Å². The Labute approximate surface area is 122 Å². The summed E-state index contributed by atoms with van der Waals surface area (Å²) in [4.78, 5) is 14.4. The molecule has 3 heteroatoms. The van der Waals surface area contributed by atoms with Crippen LogP contribution in [0.3, 0.4) is 0 Å². The molecule has 0 heterocycles. The van der Waals surface area contributed by atoms with Gasteiger partial charge in [0.25, 0.3) is 0 Å². The molecule has 0 aliphatic heterocycles. The smallest absolute Gasteiger partial charge is 0.225 e. The van der Waals surface area contributed by atoms with Crippen molar-refractivity contribution in [3.8, 4) is 0 Å². The predicted octanol–water partition coefficient (Wildman–Crippen LogP) is 3.44. The first-order chi connectivity index (χ1) is 8.72. The van der Waals surface area contributed by atoms with Crippen molar-refractivity contribution in [2.24, 2.45) is 11.8 Å². The van der Waals surface area contributed by atoms with Crippen molar-refractivity contribution in [1.82, 2.24) is 4.90 Å². The summed E-state index contributed by atoms with van der Waals surface area (Å²) in [6.07, 6.45) is 4.82. The summed E-state index contributed by atoms with van der Waals surface area (Å²) in [6.45, 7) is 1.77. The second kappa shape index (κ2) is 5.19. The lowest BCUT2D eigenvalue weighted by Gasteiger charge is -2.23. The molecule has 1 aromatic carbocycles. The molecular weight excluding hydrogens is 337 g/mol. The molecule has 3 rings (SSSR count). The van der Waals surface area contributed by atoms with Crippen LogP contribution in [-0.4, -0.2) is 17.4 Å². The predicted molar refractivity (Wildman–Crippen MR) is 80.0 cm³/mol. The highest BCUT2D eigenvalue weighted by Gasteiger charge is 2.35. The Morgan fingerprint density at radius 1 is 1.17 bits per heavy atom. The Morgan fingerprint density at radius 2 is 1.83 bits per heavy atom. The van der Waals surface area contributed by atoms with Crippen LogP contribution < -0.4 is 0 Å². The maximum absolute atomic E-state index is 12.3. The van der Waals surface area contributed by atoms with Crippen LogP contribution >= 0.6 is 22.6 Å². The fourth-order valence-electron chi connectivity index (χ4n) is 2.24. The van der Waals surface area contributed by atoms with Gasteiger partial charge in [0, 0.05) is 22.6 Å². The van der Waals surface area contributed by atoms with Crippen molar-refractivity contribution in [2.75, 3.05) is 6.54 Å². The van der Waals surface area contributed by atoms with Crippen molar-refractivity contribution in [3.63, 3.8) is 0 Å². The zero-order valence-electron chi connectivity index (χ0n) is 10.4. The molecule has 0 spiro atoms. The van der Waals surface area contributed by atoms with Crippen molar-refractivity contribution in [2.45, 2.75) is 32.2 Å². The minimum absolute atomic E-state index is 0.340. The van der Waals surface area contributed by atoms with Gasteiger partial charge >= 0.3 is 0 Å². The average molecular weight is 355 g/mol. The summed E-state index contributed by atoms with van der Waals surface area (Å²) in [5.74, 6) is 1.50. The fraction of sp³-hybridized carbons (Fsp3) is 0.533. The number of nitrogens with zero attached hydrogens (tertiary/aromatic N) is 1. The number of hydrogen-bond donors (Lipinski definition) is 0. The Kier molecular flexibility index (Phi) is 3.59. The fourth-order valence-corrected chi connectivity index (χ4v) is 2.60. The van der Waals surface area contributed by atoms with E-state index in [9.17, 15) is 4.79 Å². The molecule has 0 aromatic heterocycles. The lowest BCUT2D eigenvalue weighted by atomic mass is 10.2. The molecule has 0 atom stereocenters. The first-order valence-corrected chi connectivity index (χ1v) is 7.83. The second-order valence-electron chi connectivity index (χ2n) is 5.56. The van der Waals surface area contributed by atoms with Crippen LogP contribution in [0.25, 0.3) is 0 Å². The van der Waals surface area contributed by atoms with Gasteiger partial charge in [-0.1, -0.05) is 12.1 Å².